The first kappa shape index (κ1) is 13.0. The van der Waals surface area contributed by atoms with E-state index in [4.69, 9.17) is 5.11 Å². The zero-order valence-electron chi connectivity index (χ0n) is 10.4. The quantitative estimate of drug-likeness (QED) is 0.856. The van der Waals surface area contributed by atoms with Gasteiger partial charge in [0, 0.05) is 11.9 Å². The molecule has 0 atom stereocenters. The predicted molar refractivity (Wildman–Crippen MR) is 67.9 cm³/mol. The molecular weight excluding hydrogens is 252 g/mol. The van der Waals surface area contributed by atoms with Crippen molar-refractivity contribution in [1.82, 2.24) is 10.3 Å². The van der Waals surface area contributed by atoms with Gasteiger partial charge in [-0.05, 0) is 24.2 Å². The standard InChI is InChI=1S/C12H16N2O3S/c1-7(2)12(3-4-12)6-13-9(15)10-14-8(5-18-10)11(16)17/h5,7H,3-4,6H2,1-2H3,(H,13,15)(H,16,17). The van der Waals surface area contributed by atoms with Crippen LogP contribution in [0.1, 0.15) is 47.0 Å². The summed E-state index contributed by atoms with van der Waals surface area (Å²) < 4.78 is 0. The minimum absolute atomic E-state index is 0.0739. The van der Waals surface area contributed by atoms with E-state index in [1.807, 2.05) is 0 Å². The smallest absolute Gasteiger partial charge is 0.355 e. The van der Waals surface area contributed by atoms with Crippen LogP contribution in [0.15, 0.2) is 5.38 Å². The molecule has 1 heterocycles. The third-order valence-electron chi connectivity index (χ3n) is 3.64. The second-order valence-corrected chi connectivity index (χ2v) is 5.90. The summed E-state index contributed by atoms with van der Waals surface area (Å²) in [6.07, 6.45) is 2.28. The Kier molecular flexibility index (Phi) is 3.38. The summed E-state index contributed by atoms with van der Waals surface area (Å²) in [7, 11) is 0. The number of aromatic carboxylic acids is 1. The molecule has 1 aliphatic carbocycles. The van der Waals surface area contributed by atoms with Gasteiger partial charge in [0.15, 0.2) is 10.7 Å². The molecule has 0 unspecified atom stereocenters. The largest absolute Gasteiger partial charge is 0.476 e. The van der Waals surface area contributed by atoms with Gasteiger partial charge in [-0.25, -0.2) is 9.78 Å². The van der Waals surface area contributed by atoms with Gasteiger partial charge >= 0.3 is 5.97 Å². The van der Waals surface area contributed by atoms with Crippen LogP contribution in [0, 0.1) is 11.3 Å². The third kappa shape index (κ3) is 2.53. The van der Waals surface area contributed by atoms with E-state index in [0.29, 0.717) is 12.5 Å². The highest BCUT2D eigenvalue weighted by Crippen LogP contribution is 2.51. The molecule has 1 saturated carbocycles. The van der Waals surface area contributed by atoms with Gasteiger partial charge in [-0.3, -0.25) is 4.79 Å². The van der Waals surface area contributed by atoms with Crippen LogP contribution in [0.3, 0.4) is 0 Å². The zero-order chi connectivity index (χ0) is 13.3. The van der Waals surface area contributed by atoms with Gasteiger partial charge in [0.2, 0.25) is 0 Å². The molecule has 0 aliphatic heterocycles. The number of nitrogens with one attached hydrogen (secondary N) is 1. The first-order valence-corrected chi connectivity index (χ1v) is 6.79. The first-order chi connectivity index (χ1) is 8.44. The predicted octanol–water partition coefficient (Wildman–Crippen LogP) is 2.01. The van der Waals surface area contributed by atoms with E-state index in [-0.39, 0.29) is 22.0 Å². The molecule has 1 aromatic rings. The molecule has 2 N–H and O–H groups in total. The van der Waals surface area contributed by atoms with Crippen LogP contribution in [-0.4, -0.2) is 28.5 Å². The molecule has 0 saturated heterocycles. The summed E-state index contributed by atoms with van der Waals surface area (Å²) >= 11 is 1.06. The molecule has 2 rings (SSSR count). The lowest BCUT2D eigenvalue weighted by Gasteiger charge is -2.19. The van der Waals surface area contributed by atoms with E-state index >= 15 is 0 Å². The molecule has 5 nitrogen and oxygen atoms in total. The Morgan fingerprint density at radius 1 is 1.56 bits per heavy atom. The number of carboxylic acid groups (broad SMARTS) is 1. The second-order valence-electron chi connectivity index (χ2n) is 5.04. The lowest BCUT2D eigenvalue weighted by molar-refractivity contribution is 0.0691. The lowest BCUT2D eigenvalue weighted by Crippen LogP contribution is -2.32. The van der Waals surface area contributed by atoms with Crippen molar-refractivity contribution in [1.29, 1.82) is 0 Å². The Hall–Kier alpha value is -1.43. The van der Waals surface area contributed by atoms with Crippen LogP contribution in [0.4, 0.5) is 0 Å². The number of hydrogen-bond donors (Lipinski definition) is 2. The van der Waals surface area contributed by atoms with Crippen molar-refractivity contribution in [3.8, 4) is 0 Å². The van der Waals surface area contributed by atoms with Crippen LogP contribution in [0.5, 0.6) is 0 Å². The first-order valence-electron chi connectivity index (χ1n) is 5.92. The Balaban J connectivity index is 1.94. The number of thiazole rings is 1. The number of amides is 1. The van der Waals surface area contributed by atoms with Crippen LogP contribution in [-0.2, 0) is 0 Å². The maximum atomic E-state index is 11.8. The maximum Gasteiger partial charge on any atom is 0.355 e. The normalized spacial score (nSPS) is 16.6. The molecule has 1 fully saturated rings. The van der Waals surface area contributed by atoms with E-state index in [2.05, 4.69) is 24.1 Å². The number of rotatable bonds is 5. The molecule has 1 aromatic heterocycles. The molecule has 0 bridgehead atoms. The van der Waals surface area contributed by atoms with Crippen molar-refractivity contribution < 1.29 is 14.7 Å². The van der Waals surface area contributed by atoms with Crippen molar-refractivity contribution in [3.63, 3.8) is 0 Å². The Bertz CT molecular complexity index is 477. The average Bonchev–Trinajstić information content (AvgIpc) is 2.94. The van der Waals surface area contributed by atoms with Crippen molar-refractivity contribution in [2.75, 3.05) is 6.54 Å². The second kappa shape index (κ2) is 4.68. The van der Waals surface area contributed by atoms with Crippen molar-refractivity contribution >= 4 is 23.2 Å². The molecule has 0 aromatic carbocycles. The highest BCUT2D eigenvalue weighted by atomic mass is 32.1. The molecule has 1 amide bonds. The highest BCUT2D eigenvalue weighted by Gasteiger charge is 2.45. The monoisotopic (exact) mass is 268 g/mol. The number of carboxylic acids is 1. The molecule has 18 heavy (non-hydrogen) atoms. The fraction of sp³-hybridized carbons (Fsp3) is 0.583. The molecule has 6 heteroatoms. The highest BCUT2D eigenvalue weighted by molar-refractivity contribution is 7.11. The number of aromatic nitrogens is 1. The molecule has 0 radical (unpaired) electrons. The van der Waals surface area contributed by atoms with Gasteiger partial charge in [-0.2, -0.15) is 0 Å². The van der Waals surface area contributed by atoms with Crippen LogP contribution in [0.2, 0.25) is 0 Å². The van der Waals surface area contributed by atoms with E-state index in [1.54, 1.807) is 0 Å². The molecule has 98 valence electrons. The van der Waals surface area contributed by atoms with E-state index in [0.717, 1.165) is 24.2 Å². The summed E-state index contributed by atoms with van der Waals surface area (Å²) in [6.45, 7) is 4.96. The number of hydrogen-bond acceptors (Lipinski definition) is 4. The van der Waals surface area contributed by atoms with Crippen LogP contribution in [0.25, 0.3) is 0 Å². The number of carbonyl (C=O) groups excluding carboxylic acids is 1. The summed E-state index contributed by atoms with van der Waals surface area (Å²) in [5.74, 6) is -0.839. The Morgan fingerprint density at radius 3 is 2.67 bits per heavy atom. The maximum absolute atomic E-state index is 11.8. The van der Waals surface area contributed by atoms with Gasteiger partial charge in [0.05, 0.1) is 0 Å². The summed E-state index contributed by atoms with van der Waals surface area (Å²) in [6, 6.07) is 0. The van der Waals surface area contributed by atoms with E-state index < -0.39 is 5.97 Å². The van der Waals surface area contributed by atoms with Crippen LogP contribution >= 0.6 is 11.3 Å². The van der Waals surface area contributed by atoms with E-state index in [9.17, 15) is 9.59 Å². The van der Waals surface area contributed by atoms with Gasteiger partial charge in [-0.15, -0.1) is 11.3 Å². The zero-order valence-corrected chi connectivity index (χ0v) is 11.2. The van der Waals surface area contributed by atoms with Gasteiger partial charge in [-0.1, -0.05) is 13.8 Å². The SMILES string of the molecule is CC(C)C1(CNC(=O)c2nc(C(=O)O)cs2)CC1. The fourth-order valence-electron chi connectivity index (χ4n) is 1.93. The topological polar surface area (TPSA) is 79.3 Å². The average molecular weight is 268 g/mol. The van der Waals surface area contributed by atoms with Crippen molar-refractivity contribution in [2.24, 2.45) is 11.3 Å². The van der Waals surface area contributed by atoms with Gasteiger partial charge < -0.3 is 10.4 Å². The molecule has 0 spiro atoms. The van der Waals surface area contributed by atoms with Crippen molar-refractivity contribution in [2.45, 2.75) is 26.7 Å². The summed E-state index contributed by atoms with van der Waals surface area (Å²) in [5.41, 5.74) is 0.165. The van der Waals surface area contributed by atoms with Gasteiger partial charge in [0.1, 0.15) is 0 Å². The van der Waals surface area contributed by atoms with E-state index in [1.165, 1.54) is 5.38 Å². The lowest BCUT2D eigenvalue weighted by atomic mass is 9.92. The third-order valence-corrected chi connectivity index (χ3v) is 4.48. The molecule has 1 aliphatic rings. The Labute approximate surface area is 109 Å². The summed E-state index contributed by atoms with van der Waals surface area (Å²) in [5, 5.41) is 13.2. The minimum Gasteiger partial charge on any atom is -0.476 e. The van der Waals surface area contributed by atoms with Gasteiger partial charge in [0.25, 0.3) is 5.91 Å². The minimum atomic E-state index is -1.11. The van der Waals surface area contributed by atoms with Crippen molar-refractivity contribution in [3.05, 3.63) is 16.1 Å². The number of nitrogens with zero attached hydrogens (tertiary/aromatic N) is 1. The molecular formula is C12H16N2O3S. The Morgan fingerprint density at radius 2 is 2.22 bits per heavy atom. The summed E-state index contributed by atoms with van der Waals surface area (Å²) in [4.78, 5) is 26.3. The fourth-order valence-corrected chi connectivity index (χ4v) is 2.63. The van der Waals surface area contributed by atoms with Crippen LogP contribution < -0.4 is 5.32 Å². The number of carbonyl (C=O) groups is 2.